The fraction of sp³-hybridized carbons (Fsp3) is 0.719. The molecule has 8 rings (SSSR count). The van der Waals surface area contributed by atoms with Gasteiger partial charge in [-0.2, -0.15) is 0 Å². The molecule has 31 heteroatoms. The van der Waals surface area contributed by atoms with Gasteiger partial charge in [-0.25, -0.2) is 24.5 Å². The van der Waals surface area contributed by atoms with E-state index in [0.717, 1.165) is 53.4 Å². The Morgan fingerprint density at radius 3 is 2.05 bits per heavy atom. The topological polar surface area (TPSA) is 354 Å². The van der Waals surface area contributed by atoms with E-state index in [0.29, 0.717) is 42.1 Å². The molecule has 11 atom stereocenters. The first-order valence-corrected chi connectivity index (χ1v) is 33.8. The molecule has 0 saturated carbocycles. The van der Waals surface area contributed by atoms with E-state index in [2.05, 4.69) is 71.4 Å². The van der Waals surface area contributed by atoms with Gasteiger partial charge in [0.2, 0.25) is 0 Å². The van der Waals surface area contributed by atoms with Gasteiger partial charge in [0, 0.05) is 19.1 Å². The first kappa shape index (κ1) is 69.9. The predicted molar refractivity (Wildman–Crippen MR) is 333 cm³/mol. The van der Waals surface area contributed by atoms with Crippen LogP contribution in [0.5, 0.6) is 11.5 Å². The number of phosphoric acid groups is 1. The summed E-state index contributed by atoms with van der Waals surface area (Å²) in [7, 11) is -5.80. The van der Waals surface area contributed by atoms with Gasteiger partial charge in [0.1, 0.15) is 82.8 Å². The van der Waals surface area contributed by atoms with Gasteiger partial charge in [0.25, 0.3) is 0 Å². The van der Waals surface area contributed by atoms with E-state index in [4.69, 9.17) is 91.7 Å². The zero-order chi connectivity index (χ0) is 63.1. The molecule has 492 valence electrons. The second kappa shape index (κ2) is 33.1. The normalized spacial score (nSPS) is 23.5. The van der Waals surface area contributed by atoms with E-state index < -0.39 is 78.7 Å². The highest BCUT2D eigenvalue weighted by Gasteiger charge is 2.46. The molecule has 4 aromatic heterocycles. The van der Waals surface area contributed by atoms with Crippen LogP contribution in [0.1, 0.15) is 139 Å². The Morgan fingerprint density at radius 1 is 0.807 bits per heavy atom. The number of ether oxygens (including phenoxy) is 7. The van der Waals surface area contributed by atoms with E-state index in [1.807, 2.05) is 0 Å². The number of anilines is 2. The summed E-state index contributed by atoms with van der Waals surface area (Å²) in [4.78, 5) is 33.4. The number of aromatic nitrogens is 8. The SMILES string of the molecule is COP(OCC1OC(n2cnc3c(=S)nc(N)[nH]c32)C(O)C1O)OC1CC(n2cnc3c(=S)nc(N)[nH]c32)OC1COP(=O)(O)O[C@H](CO)COCCOCCOCCOc1c(C)c(C)c2c(c1C)CC[C@@](C)(CCCCCCCCCCCC(C)C)O2. The van der Waals surface area contributed by atoms with Crippen molar-refractivity contribution in [3.63, 3.8) is 0 Å². The second-order valence-electron chi connectivity index (χ2n) is 23.3. The molecule has 9 unspecified atom stereocenters. The van der Waals surface area contributed by atoms with Crippen molar-refractivity contribution in [2.75, 3.05) is 84.6 Å². The van der Waals surface area contributed by atoms with Crippen molar-refractivity contribution in [1.82, 2.24) is 39.0 Å². The number of benzene rings is 1. The molecule has 3 aliphatic rings. The summed E-state index contributed by atoms with van der Waals surface area (Å²) in [5, 5.41) is 32.2. The van der Waals surface area contributed by atoms with E-state index in [9.17, 15) is 24.8 Å². The summed E-state index contributed by atoms with van der Waals surface area (Å²) in [6.07, 6.45) is 10.0. The average molecular weight is 1310 g/mol. The molecule has 88 heavy (non-hydrogen) atoms. The molecule has 0 bridgehead atoms. The third-order valence-electron chi connectivity index (χ3n) is 16.2. The summed E-state index contributed by atoms with van der Waals surface area (Å²) >= 11 is 10.6. The molecule has 0 spiro atoms. The standard InChI is InChI=1S/C57H90N10O17P2S2/c1-34(2)17-15-13-11-9-8-10-12-14-16-19-57(6)20-18-39-37(5)48(35(3)36(4)49(39)82-57)77-26-25-75-22-21-74-23-24-76-29-38(28-68)84-86(71,72)79-31-41-40(27-43(80-41)66-32-60-44-50(66)62-55(58)64-52(44)87)83-85(73-7)78-30-42-46(69)47(70)54(81-42)67-33-61-45-51(67)63-56(59)65-53(45)88/h32-34,38,40-43,46-47,54,68-70H,8-31H2,1-7H3,(H,71,72)(H3,58,62,64,87)(H3,59,63,65,88)/t38-,40?,41?,42?,43?,46?,47?,54?,57-,85?/m1/s1. The lowest BCUT2D eigenvalue weighted by atomic mass is 9.84. The molecular formula is C57H90N10O17P2S2. The van der Waals surface area contributed by atoms with Crippen LogP contribution in [0.25, 0.3) is 22.3 Å². The van der Waals surface area contributed by atoms with Crippen LogP contribution < -0.4 is 20.9 Å². The molecule has 0 radical (unpaired) electrons. The van der Waals surface area contributed by atoms with Gasteiger partial charge in [-0.3, -0.25) is 18.2 Å². The van der Waals surface area contributed by atoms with Crippen molar-refractivity contribution in [2.24, 2.45) is 5.92 Å². The molecule has 2 fully saturated rings. The minimum atomic E-state index is -4.89. The maximum absolute atomic E-state index is 13.4. The summed E-state index contributed by atoms with van der Waals surface area (Å²) in [5.41, 5.74) is 17.6. The maximum atomic E-state index is 13.4. The number of nitrogen functional groups attached to an aromatic ring is 2. The lowest BCUT2D eigenvalue weighted by Gasteiger charge is -2.38. The van der Waals surface area contributed by atoms with Gasteiger partial charge in [-0.15, -0.1) is 0 Å². The fourth-order valence-electron chi connectivity index (χ4n) is 11.2. The van der Waals surface area contributed by atoms with Gasteiger partial charge in [-0.05, 0) is 76.0 Å². The number of phosphoric ester groups is 1. The summed E-state index contributed by atoms with van der Waals surface area (Å²) in [5.74, 6) is 2.77. The number of aromatic amines is 2. The molecule has 0 amide bonds. The Hall–Kier alpha value is -3.94. The van der Waals surface area contributed by atoms with Crippen LogP contribution in [-0.2, 0) is 57.3 Å². The van der Waals surface area contributed by atoms with Gasteiger partial charge in [-0.1, -0.05) is 96.1 Å². The van der Waals surface area contributed by atoms with Crippen molar-refractivity contribution < 1.29 is 80.6 Å². The number of fused-ring (bicyclic) bond motifs is 3. The molecular weight excluding hydrogens is 1220 g/mol. The molecule has 10 N–H and O–H groups in total. The summed E-state index contributed by atoms with van der Waals surface area (Å²) in [6.45, 7) is 13.0. The van der Waals surface area contributed by atoms with Crippen molar-refractivity contribution in [1.29, 1.82) is 0 Å². The third-order valence-corrected chi connectivity index (χ3v) is 18.9. The van der Waals surface area contributed by atoms with Crippen molar-refractivity contribution in [3.8, 4) is 11.5 Å². The monoisotopic (exact) mass is 1310 g/mol. The highest BCUT2D eigenvalue weighted by molar-refractivity contribution is 7.71. The molecule has 0 aliphatic carbocycles. The largest absolute Gasteiger partial charge is 0.491 e. The Labute approximate surface area is 524 Å². The highest BCUT2D eigenvalue weighted by Crippen LogP contribution is 2.50. The summed E-state index contributed by atoms with van der Waals surface area (Å²) in [6, 6.07) is 0. The minimum Gasteiger partial charge on any atom is -0.491 e. The number of nitrogens with one attached hydrogen (secondary N) is 2. The lowest BCUT2D eigenvalue weighted by molar-refractivity contribution is -0.0578. The Bertz CT molecular complexity index is 3210. The van der Waals surface area contributed by atoms with Crippen LogP contribution in [-0.4, -0.2) is 175 Å². The van der Waals surface area contributed by atoms with E-state index in [-0.39, 0.29) is 66.2 Å². The Kier molecular flexibility index (Phi) is 26.3. The van der Waals surface area contributed by atoms with Crippen molar-refractivity contribution in [2.45, 2.75) is 186 Å². The number of nitrogens with two attached hydrogens (primary N) is 2. The van der Waals surface area contributed by atoms with E-state index in [1.165, 1.54) is 94.1 Å². The Morgan fingerprint density at radius 2 is 1.41 bits per heavy atom. The lowest BCUT2D eigenvalue weighted by Crippen LogP contribution is -2.37. The number of nitrogens with zero attached hydrogens (tertiary/aromatic N) is 6. The summed E-state index contributed by atoms with van der Waals surface area (Å²) < 4.78 is 88.0. The first-order chi connectivity index (χ1) is 42.2. The van der Waals surface area contributed by atoms with Crippen molar-refractivity contribution in [3.05, 3.63) is 44.2 Å². The highest BCUT2D eigenvalue weighted by atomic mass is 32.1. The molecule has 7 heterocycles. The number of aliphatic hydroxyl groups excluding tert-OH is 3. The van der Waals surface area contributed by atoms with E-state index in [1.54, 1.807) is 4.57 Å². The number of imidazole rings is 2. The third kappa shape index (κ3) is 18.6. The van der Waals surface area contributed by atoms with Crippen molar-refractivity contribution >= 4 is 75.1 Å². The molecule has 3 aliphatic heterocycles. The Balaban J connectivity index is 0.735. The number of hydrogen-bond acceptors (Lipinski definition) is 24. The zero-order valence-electron chi connectivity index (χ0n) is 51.5. The van der Waals surface area contributed by atoms with Gasteiger partial charge < -0.3 is 88.4 Å². The maximum Gasteiger partial charge on any atom is 0.472 e. The fourth-order valence-corrected chi connectivity index (χ4v) is 13.6. The van der Waals surface area contributed by atoms with Gasteiger partial charge in [0.15, 0.2) is 27.4 Å². The number of unbranched alkanes of at least 4 members (excludes halogenated alkanes) is 8. The number of hydrogen-bond donors (Lipinski definition) is 8. The minimum absolute atomic E-state index is 0.0182. The van der Waals surface area contributed by atoms with Crippen LogP contribution in [0.3, 0.4) is 0 Å². The van der Waals surface area contributed by atoms with Gasteiger partial charge >= 0.3 is 16.4 Å². The van der Waals surface area contributed by atoms with Crippen LogP contribution >= 0.6 is 40.9 Å². The average Bonchev–Trinajstić information content (AvgIpc) is 1.21. The predicted octanol–water partition coefficient (Wildman–Crippen LogP) is 8.92. The van der Waals surface area contributed by atoms with Crippen LogP contribution in [0, 0.1) is 36.0 Å². The molecule has 2 saturated heterocycles. The van der Waals surface area contributed by atoms with Crippen LogP contribution in [0.2, 0.25) is 0 Å². The van der Waals surface area contributed by atoms with Crippen LogP contribution in [0.4, 0.5) is 11.9 Å². The van der Waals surface area contributed by atoms with E-state index >= 15 is 0 Å². The second-order valence-corrected chi connectivity index (χ2v) is 26.8. The molecule has 5 aromatic rings. The first-order valence-electron chi connectivity index (χ1n) is 30.4. The number of H-pyrrole nitrogens is 2. The smallest absolute Gasteiger partial charge is 0.472 e. The van der Waals surface area contributed by atoms with Gasteiger partial charge in [0.05, 0.1) is 78.2 Å². The number of rotatable bonds is 38. The van der Waals surface area contributed by atoms with Crippen LogP contribution in [0.15, 0.2) is 12.7 Å². The molecule has 1 aromatic carbocycles. The number of aliphatic hydroxyl groups is 3. The quantitative estimate of drug-likeness (QED) is 0.0104. The zero-order valence-corrected chi connectivity index (χ0v) is 54.9. The molecule has 27 nitrogen and oxygen atoms in total.